The van der Waals surface area contributed by atoms with Crippen LogP contribution in [0, 0.1) is 17.6 Å². The summed E-state index contributed by atoms with van der Waals surface area (Å²) in [4.78, 5) is 46.8. The zero-order valence-corrected chi connectivity index (χ0v) is 18.9. The second-order valence-corrected chi connectivity index (χ2v) is 8.54. The minimum absolute atomic E-state index is 0.0264. The molecule has 182 valence electrons. The Bertz CT molecular complexity index is 1370. The first kappa shape index (κ1) is 24.4. The Kier molecular flexibility index (Phi) is 6.13. The number of benzene rings is 1. The standard InChI is InChI=1S/C22H15F5N4O3S/c1-9-19(33)16-12(28-6-5-14(16)31(2)20(9)34)7-15(32)30-21-29-13(8-35-21)10-3-4-11(22(25,26)27)18(24)17(10)23/h3-6,8-9H,7H2,1-2H3,(H,29,30,32). The van der Waals surface area contributed by atoms with Gasteiger partial charge in [-0.25, -0.2) is 13.8 Å². The summed E-state index contributed by atoms with van der Waals surface area (Å²) in [5, 5.41) is 3.66. The molecule has 0 saturated carbocycles. The third-order valence-electron chi connectivity index (χ3n) is 5.45. The number of carbonyl (C=O) groups excluding carboxylic acids is 3. The molecule has 13 heteroatoms. The molecule has 0 fully saturated rings. The highest BCUT2D eigenvalue weighted by molar-refractivity contribution is 7.14. The number of hydrogen-bond acceptors (Lipinski definition) is 6. The van der Waals surface area contributed by atoms with Crippen LogP contribution in [0.4, 0.5) is 32.8 Å². The number of halogens is 5. The third kappa shape index (κ3) is 4.38. The minimum Gasteiger partial charge on any atom is -0.314 e. The quantitative estimate of drug-likeness (QED) is 0.413. The number of anilines is 2. The molecule has 35 heavy (non-hydrogen) atoms. The minimum atomic E-state index is -5.06. The number of ketones is 1. The van der Waals surface area contributed by atoms with Crippen LogP contribution in [0.3, 0.4) is 0 Å². The molecule has 1 aliphatic heterocycles. The Balaban J connectivity index is 1.55. The average molecular weight is 510 g/mol. The van der Waals surface area contributed by atoms with Gasteiger partial charge in [0.25, 0.3) is 0 Å². The number of alkyl halides is 3. The molecule has 1 aliphatic rings. The van der Waals surface area contributed by atoms with Crippen LogP contribution >= 0.6 is 11.3 Å². The zero-order chi connectivity index (χ0) is 25.7. The SMILES string of the molecule is CC1C(=O)c2c(ccnc2CC(=O)Nc2nc(-c3ccc(C(F)(F)F)c(F)c3F)cs2)N(C)C1=O. The number of thiazole rings is 1. The highest BCUT2D eigenvalue weighted by atomic mass is 32.1. The summed E-state index contributed by atoms with van der Waals surface area (Å²) < 4.78 is 66.5. The summed E-state index contributed by atoms with van der Waals surface area (Å²) in [5.41, 5.74) is -1.79. The lowest BCUT2D eigenvalue weighted by Crippen LogP contribution is -2.41. The maximum absolute atomic E-state index is 14.3. The van der Waals surface area contributed by atoms with Crippen LogP contribution in [0.15, 0.2) is 29.8 Å². The molecule has 0 saturated heterocycles. The number of nitrogens with zero attached hydrogens (tertiary/aromatic N) is 3. The number of rotatable bonds is 4. The van der Waals surface area contributed by atoms with E-state index in [1.165, 1.54) is 36.5 Å². The first-order valence-electron chi connectivity index (χ1n) is 10.0. The predicted molar refractivity (Wildman–Crippen MR) is 116 cm³/mol. The van der Waals surface area contributed by atoms with Crippen molar-refractivity contribution in [3.05, 3.63) is 58.2 Å². The van der Waals surface area contributed by atoms with Gasteiger partial charge in [0.15, 0.2) is 22.5 Å². The summed E-state index contributed by atoms with van der Waals surface area (Å²) in [5.74, 6) is -6.17. The summed E-state index contributed by atoms with van der Waals surface area (Å²) in [7, 11) is 1.51. The van der Waals surface area contributed by atoms with Gasteiger partial charge in [-0.05, 0) is 25.1 Å². The first-order valence-corrected chi connectivity index (χ1v) is 10.9. The number of aromatic nitrogens is 2. The first-order chi connectivity index (χ1) is 16.4. The Labute approximate surface area is 198 Å². The Hall–Kier alpha value is -3.74. The number of pyridine rings is 1. The summed E-state index contributed by atoms with van der Waals surface area (Å²) in [6, 6.07) is 2.66. The van der Waals surface area contributed by atoms with Crippen LogP contribution in [0.1, 0.15) is 28.5 Å². The van der Waals surface area contributed by atoms with Gasteiger partial charge >= 0.3 is 6.18 Å². The van der Waals surface area contributed by atoms with E-state index in [4.69, 9.17) is 0 Å². The van der Waals surface area contributed by atoms with Crippen molar-refractivity contribution in [3.63, 3.8) is 0 Å². The molecular formula is C22H15F5N4O3S. The molecule has 0 spiro atoms. The monoisotopic (exact) mass is 510 g/mol. The van der Waals surface area contributed by atoms with Crippen molar-refractivity contribution in [2.24, 2.45) is 5.92 Å². The maximum atomic E-state index is 14.3. The highest BCUT2D eigenvalue weighted by Crippen LogP contribution is 2.36. The van der Waals surface area contributed by atoms with Crippen LogP contribution in [0.5, 0.6) is 0 Å². The van der Waals surface area contributed by atoms with Crippen molar-refractivity contribution in [3.8, 4) is 11.3 Å². The predicted octanol–water partition coefficient (Wildman–Crippen LogP) is 4.48. The van der Waals surface area contributed by atoms with Crippen molar-refractivity contribution < 1.29 is 36.3 Å². The van der Waals surface area contributed by atoms with E-state index in [1.807, 2.05) is 0 Å². The van der Waals surface area contributed by atoms with E-state index in [2.05, 4.69) is 15.3 Å². The second kappa shape index (κ2) is 8.80. The number of Topliss-reactive ketones (excluding diaryl/α,β-unsaturated/α-hetero) is 1. The zero-order valence-electron chi connectivity index (χ0n) is 18.0. The molecule has 3 heterocycles. The summed E-state index contributed by atoms with van der Waals surface area (Å²) >= 11 is 0.843. The Morgan fingerprint density at radius 3 is 2.57 bits per heavy atom. The topological polar surface area (TPSA) is 92.3 Å². The van der Waals surface area contributed by atoms with Gasteiger partial charge in [0.2, 0.25) is 11.8 Å². The fourth-order valence-electron chi connectivity index (χ4n) is 3.65. The number of fused-ring (bicyclic) bond motifs is 1. The van der Waals surface area contributed by atoms with Gasteiger partial charge in [0.1, 0.15) is 0 Å². The Morgan fingerprint density at radius 1 is 1.17 bits per heavy atom. The van der Waals surface area contributed by atoms with Crippen molar-refractivity contribution in [1.82, 2.24) is 9.97 Å². The molecule has 0 radical (unpaired) electrons. The molecule has 7 nitrogen and oxygen atoms in total. The largest absolute Gasteiger partial charge is 0.419 e. The van der Waals surface area contributed by atoms with Crippen LogP contribution in [0.25, 0.3) is 11.3 Å². The molecule has 3 aromatic rings. The molecule has 2 amide bonds. The van der Waals surface area contributed by atoms with Crippen molar-refractivity contribution in [2.45, 2.75) is 19.5 Å². The maximum Gasteiger partial charge on any atom is 0.419 e. The fraction of sp³-hybridized carbons (Fsp3) is 0.227. The van der Waals surface area contributed by atoms with Gasteiger partial charge in [0, 0.05) is 24.2 Å². The molecule has 4 rings (SSSR count). The second-order valence-electron chi connectivity index (χ2n) is 7.68. The number of hydrogen-bond donors (Lipinski definition) is 1. The third-order valence-corrected chi connectivity index (χ3v) is 6.21. The molecule has 0 bridgehead atoms. The number of amides is 2. The van der Waals surface area contributed by atoms with E-state index in [0.717, 1.165) is 17.4 Å². The summed E-state index contributed by atoms with van der Waals surface area (Å²) in [6.45, 7) is 1.46. The molecule has 2 aromatic heterocycles. The van der Waals surface area contributed by atoms with E-state index in [1.54, 1.807) is 0 Å². The van der Waals surface area contributed by atoms with E-state index >= 15 is 0 Å². The van der Waals surface area contributed by atoms with Crippen molar-refractivity contribution in [1.29, 1.82) is 0 Å². The van der Waals surface area contributed by atoms with Crippen LogP contribution in [-0.2, 0) is 22.2 Å². The van der Waals surface area contributed by atoms with Gasteiger partial charge in [0.05, 0.1) is 40.5 Å². The lowest BCUT2D eigenvalue weighted by molar-refractivity contribution is -0.140. The highest BCUT2D eigenvalue weighted by Gasteiger charge is 2.37. The lowest BCUT2D eigenvalue weighted by Gasteiger charge is -2.29. The molecule has 1 unspecified atom stereocenters. The lowest BCUT2D eigenvalue weighted by atomic mass is 9.90. The van der Waals surface area contributed by atoms with Gasteiger partial charge in [-0.1, -0.05) is 0 Å². The molecule has 1 atom stereocenters. The van der Waals surface area contributed by atoms with Gasteiger partial charge in [-0.2, -0.15) is 13.2 Å². The normalized spacial score (nSPS) is 15.9. The van der Waals surface area contributed by atoms with E-state index in [9.17, 15) is 36.3 Å². The smallest absolute Gasteiger partial charge is 0.314 e. The number of carbonyl (C=O) groups is 3. The summed E-state index contributed by atoms with van der Waals surface area (Å²) in [6.07, 6.45) is -4.05. The molecule has 1 aromatic carbocycles. The van der Waals surface area contributed by atoms with E-state index in [-0.39, 0.29) is 34.4 Å². The van der Waals surface area contributed by atoms with Crippen molar-refractivity contribution in [2.75, 3.05) is 17.3 Å². The van der Waals surface area contributed by atoms with E-state index < -0.39 is 46.5 Å². The van der Waals surface area contributed by atoms with Crippen LogP contribution in [0.2, 0.25) is 0 Å². The van der Waals surface area contributed by atoms with Gasteiger partial charge in [-0.3, -0.25) is 19.4 Å². The average Bonchev–Trinajstić information content (AvgIpc) is 3.24. The fourth-order valence-corrected chi connectivity index (χ4v) is 4.38. The van der Waals surface area contributed by atoms with Crippen LogP contribution < -0.4 is 10.2 Å². The van der Waals surface area contributed by atoms with E-state index in [0.29, 0.717) is 11.8 Å². The molecule has 1 N–H and O–H groups in total. The van der Waals surface area contributed by atoms with Gasteiger partial charge in [-0.15, -0.1) is 11.3 Å². The van der Waals surface area contributed by atoms with Gasteiger partial charge < -0.3 is 10.2 Å². The molecule has 0 aliphatic carbocycles. The van der Waals surface area contributed by atoms with Crippen molar-refractivity contribution >= 4 is 39.8 Å². The molecular weight excluding hydrogens is 495 g/mol. The number of nitrogens with one attached hydrogen (secondary N) is 1. The van der Waals surface area contributed by atoms with Crippen LogP contribution in [-0.4, -0.2) is 34.6 Å². The Morgan fingerprint density at radius 2 is 1.89 bits per heavy atom.